The Hall–Kier alpha value is -1.61. The van der Waals surface area contributed by atoms with E-state index >= 15 is 0 Å². The second-order valence-electron chi connectivity index (χ2n) is 5.58. The third-order valence-corrected chi connectivity index (χ3v) is 4.07. The van der Waals surface area contributed by atoms with Gasteiger partial charge in [0.25, 0.3) is 0 Å². The Bertz CT molecular complexity index is 557. The molecule has 3 heteroatoms. The number of nitrogens with one attached hydrogen (secondary N) is 1. The second-order valence-corrected chi connectivity index (χ2v) is 5.58. The molecule has 114 valence electrons. The van der Waals surface area contributed by atoms with Crippen molar-refractivity contribution in [1.82, 2.24) is 15.1 Å². The topological polar surface area (TPSA) is 29.9 Å². The van der Waals surface area contributed by atoms with Gasteiger partial charge in [0.2, 0.25) is 0 Å². The van der Waals surface area contributed by atoms with Crippen molar-refractivity contribution in [3.05, 3.63) is 52.8 Å². The van der Waals surface area contributed by atoms with Crippen molar-refractivity contribution in [3.63, 3.8) is 0 Å². The number of hydrogen-bond acceptors (Lipinski definition) is 2. The minimum absolute atomic E-state index is 0.261. The highest BCUT2D eigenvalue weighted by Gasteiger charge is 2.19. The summed E-state index contributed by atoms with van der Waals surface area (Å²) in [5, 5.41) is 8.36. The Morgan fingerprint density at radius 2 is 1.86 bits per heavy atom. The summed E-state index contributed by atoms with van der Waals surface area (Å²) >= 11 is 0. The van der Waals surface area contributed by atoms with Crippen molar-refractivity contribution in [2.75, 3.05) is 13.1 Å². The molecule has 2 rings (SSSR count). The van der Waals surface area contributed by atoms with E-state index in [2.05, 4.69) is 68.0 Å². The zero-order valence-electron chi connectivity index (χ0n) is 13.7. The molecule has 0 amide bonds. The van der Waals surface area contributed by atoms with Crippen LogP contribution in [-0.2, 0) is 6.42 Å². The van der Waals surface area contributed by atoms with Gasteiger partial charge in [-0.25, -0.2) is 0 Å². The molecule has 0 bridgehead atoms. The van der Waals surface area contributed by atoms with Gasteiger partial charge >= 0.3 is 0 Å². The maximum absolute atomic E-state index is 4.81. The van der Waals surface area contributed by atoms with Crippen LogP contribution in [0.2, 0.25) is 0 Å². The van der Waals surface area contributed by atoms with Gasteiger partial charge in [-0.2, -0.15) is 5.10 Å². The molecule has 1 N–H and O–H groups in total. The lowest BCUT2D eigenvalue weighted by Gasteiger charge is -2.20. The lowest BCUT2D eigenvalue weighted by atomic mass is 10.1. The predicted octanol–water partition coefficient (Wildman–Crippen LogP) is 3.65. The van der Waals surface area contributed by atoms with Crippen molar-refractivity contribution >= 4 is 0 Å². The Morgan fingerprint density at radius 3 is 2.43 bits per heavy atom. The minimum atomic E-state index is 0.261. The molecule has 0 spiro atoms. The number of aromatic nitrogens is 2. The van der Waals surface area contributed by atoms with Crippen LogP contribution in [0.15, 0.2) is 30.3 Å². The van der Waals surface area contributed by atoms with Gasteiger partial charge in [0, 0.05) is 12.2 Å². The Morgan fingerprint density at radius 1 is 1.14 bits per heavy atom. The second kappa shape index (κ2) is 7.41. The van der Waals surface area contributed by atoms with Crippen molar-refractivity contribution in [1.29, 1.82) is 0 Å². The summed E-state index contributed by atoms with van der Waals surface area (Å²) in [6, 6.07) is 10.9. The maximum Gasteiger partial charge on any atom is 0.0896 e. The fourth-order valence-corrected chi connectivity index (χ4v) is 2.95. The lowest BCUT2D eigenvalue weighted by molar-refractivity contribution is 0.469. The molecule has 21 heavy (non-hydrogen) atoms. The molecular weight excluding hydrogens is 258 g/mol. The largest absolute Gasteiger partial charge is 0.314 e. The van der Waals surface area contributed by atoms with Crippen LogP contribution in [0.4, 0.5) is 0 Å². The highest BCUT2D eigenvalue weighted by molar-refractivity contribution is 5.28. The van der Waals surface area contributed by atoms with E-state index in [0.717, 1.165) is 31.6 Å². The van der Waals surface area contributed by atoms with Gasteiger partial charge in [0.05, 0.1) is 11.7 Å². The number of hydrogen-bond donors (Lipinski definition) is 1. The van der Waals surface area contributed by atoms with Gasteiger partial charge in [-0.1, -0.05) is 44.2 Å². The molecule has 1 heterocycles. The highest BCUT2D eigenvalue weighted by atomic mass is 15.3. The average molecular weight is 285 g/mol. The zero-order valence-corrected chi connectivity index (χ0v) is 13.7. The first kappa shape index (κ1) is 15.8. The Kier molecular flexibility index (Phi) is 5.57. The fourth-order valence-electron chi connectivity index (χ4n) is 2.95. The minimum Gasteiger partial charge on any atom is -0.314 e. The van der Waals surface area contributed by atoms with E-state index in [1.54, 1.807) is 0 Å². The van der Waals surface area contributed by atoms with E-state index < -0.39 is 0 Å². The van der Waals surface area contributed by atoms with Crippen molar-refractivity contribution < 1.29 is 0 Å². The van der Waals surface area contributed by atoms with Crippen LogP contribution in [0.3, 0.4) is 0 Å². The standard InChI is InChI=1S/C18H27N3/c1-5-12-19-13-18(16-10-8-7-9-11-16)21-15(4)17(6-2)14(3)20-21/h7-11,18-19H,5-6,12-13H2,1-4H3. The van der Waals surface area contributed by atoms with Crippen LogP contribution in [0.1, 0.15) is 48.8 Å². The molecule has 2 aromatic rings. The van der Waals surface area contributed by atoms with E-state index in [-0.39, 0.29) is 6.04 Å². The average Bonchev–Trinajstić information content (AvgIpc) is 2.79. The first-order valence-corrected chi connectivity index (χ1v) is 7.99. The SMILES string of the molecule is CCCNCC(c1ccccc1)n1nc(C)c(CC)c1C. The molecule has 0 saturated carbocycles. The van der Waals surface area contributed by atoms with Gasteiger partial charge in [0.15, 0.2) is 0 Å². The first-order valence-electron chi connectivity index (χ1n) is 7.99. The van der Waals surface area contributed by atoms with Gasteiger partial charge in [0.1, 0.15) is 0 Å². The summed E-state index contributed by atoms with van der Waals surface area (Å²) in [7, 11) is 0. The number of rotatable bonds is 7. The maximum atomic E-state index is 4.81. The van der Waals surface area contributed by atoms with Crippen LogP contribution < -0.4 is 5.32 Å². The molecular formula is C18H27N3. The molecule has 1 unspecified atom stereocenters. The number of nitrogens with zero attached hydrogens (tertiary/aromatic N) is 2. The third kappa shape index (κ3) is 3.53. The molecule has 0 radical (unpaired) electrons. The zero-order chi connectivity index (χ0) is 15.2. The monoisotopic (exact) mass is 285 g/mol. The Labute approximate surface area is 128 Å². The van der Waals surface area contributed by atoms with Gasteiger partial charge in [-0.05, 0) is 44.4 Å². The van der Waals surface area contributed by atoms with E-state index in [1.165, 1.54) is 16.8 Å². The lowest BCUT2D eigenvalue weighted by Crippen LogP contribution is -2.28. The van der Waals surface area contributed by atoms with Gasteiger partial charge < -0.3 is 5.32 Å². The normalized spacial score (nSPS) is 12.6. The van der Waals surface area contributed by atoms with Crippen LogP contribution >= 0.6 is 0 Å². The molecule has 1 atom stereocenters. The van der Waals surface area contributed by atoms with E-state index in [0.29, 0.717) is 0 Å². The van der Waals surface area contributed by atoms with Crippen LogP contribution in [0, 0.1) is 13.8 Å². The molecule has 3 nitrogen and oxygen atoms in total. The summed E-state index contributed by atoms with van der Waals surface area (Å²) in [5.74, 6) is 0. The van der Waals surface area contributed by atoms with E-state index in [4.69, 9.17) is 5.10 Å². The van der Waals surface area contributed by atoms with E-state index in [1.807, 2.05) is 0 Å². The summed E-state index contributed by atoms with van der Waals surface area (Å²) in [4.78, 5) is 0. The first-order chi connectivity index (χ1) is 10.2. The van der Waals surface area contributed by atoms with Crippen molar-refractivity contribution in [2.24, 2.45) is 0 Å². The number of aryl methyl sites for hydroxylation is 1. The highest BCUT2D eigenvalue weighted by Crippen LogP contribution is 2.23. The van der Waals surface area contributed by atoms with Crippen LogP contribution in [-0.4, -0.2) is 22.9 Å². The van der Waals surface area contributed by atoms with Gasteiger partial charge in [-0.3, -0.25) is 4.68 Å². The summed E-state index contributed by atoms with van der Waals surface area (Å²) in [6.07, 6.45) is 2.19. The molecule has 0 aliphatic heterocycles. The van der Waals surface area contributed by atoms with Crippen LogP contribution in [0.25, 0.3) is 0 Å². The van der Waals surface area contributed by atoms with Crippen molar-refractivity contribution in [3.8, 4) is 0 Å². The fraction of sp³-hybridized carbons (Fsp3) is 0.500. The molecule has 0 saturated heterocycles. The summed E-state index contributed by atoms with van der Waals surface area (Å²) in [5.41, 5.74) is 5.15. The summed E-state index contributed by atoms with van der Waals surface area (Å²) in [6.45, 7) is 10.7. The van der Waals surface area contributed by atoms with Crippen molar-refractivity contribution in [2.45, 2.75) is 46.6 Å². The van der Waals surface area contributed by atoms with E-state index in [9.17, 15) is 0 Å². The molecule has 0 aliphatic carbocycles. The van der Waals surface area contributed by atoms with Gasteiger partial charge in [-0.15, -0.1) is 0 Å². The third-order valence-electron chi connectivity index (χ3n) is 4.07. The summed E-state index contributed by atoms with van der Waals surface area (Å²) < 4.78 is 2.20. The molecule has 1 aromatic heterocycles. The smallest absolute Gasteiger partial charge is 0.0896 e. The number of benzene rings is 1. The molecule has 0 fully saturated rings. The molecule has 1 aromatic carbocycles. The Balaban J connectivity index is 2.35. The quantitative estimate of drug-likeness (QED) is 0.787. The van der Waals surface area contributed by atoms with Crippen LogP contribution in [0.5, 0.6) is 0 Å². The predicted molar refractivity (Wildman–Crippen MR) is 88.8 cm³/mol. The molecule has 0 aliphatic rings.